The Balaban J connectivity index is 1.70. The van der Waals surface area contributed by atoms with Crippen molar-refractivity contribution in [1.29, 1.82) is 0 Å². The lowest BCUT2D eigenvalue weighted by atomic mass is 10.3. The summed E-state index contributed by atoms with van der Waals surface area (Å²) in [5, 5.41) is 3.15. The molecule has 0 spiro atoms. The number of halogens is 1. The molecule has 6 heteroatoms. The second kappa shape index (κ2) is 5.46. The summed E-state index contributed by atoms with van der Waals surface area (Å²) >= 11 is 5.31. The molecule has 2 aromatic rings. The van der Waals surface area contributed by atoms with Crippen LogP contribution in [-0.4, -0.2) is 36.1 Å². The fraction of sp³-hybridized carbons (Fsp3) is 0.385. The Kier molecular flexibility index (Phi) is 3.70. The van der Waals surface area contributed by atoms with E-state index in [1.54, 1.807) is 11.3 Å². The van der Waals surface area contributed by atoms with Crippen LogP contribution in [0.3, 0.4) is 0 Å². The molecule has 0 N–H and O–H groups in total. The Morgan fingerprint density at radius 1 is 1.16 bits per heavy atom. The van der Waals surface area contributed by atoms with Crippen LogP contribution in [0.25, 0.3) is 0 Å². The first-order valence-electron chi connectivity index (χ1n) is 6.25. The quantitative estimate of drug-likeness (QED) is 0.842. The predicted octanol–water partition coefficient (Wildman–Crippen LogP) is 2.94. The molecular weight excluding hydrogens is 324 g/mol. The van der Waals surface area contributed by atoms with Crippen molar-refractivity contribution in [2.45, 2.75) is 6.92 Å². The lowest BCUT2D eigenvalue weighted by Gasteiger charge is -2.35. The monoisotopic (exact) mass is 338 g/mol. The number of aromatic nitrogens is 2. The number of thiazole rings is 1. The zero-order chi connectivity index (χ0) is 13.2. The Labute approximate surface area is 125 Å². The van der Waals surface area contributed by atoms with Crippen LogP contribution in [0.4, 0.5) is 10.9 Å². The Morgan fingerprint density at radius 2 is 1.89 bits per heavy atom. The van der Waals surface area contributed by atoms with Crippen molar-refractivity contribution in [3.8, 4) is 0 Å². The van der Waals surface area contributed by atoms with E-state index in [0.717, 1.165) is 41.6 Å². The van der Waals surface area contributed by atoms with E-state index >= 15 is 0 Å². The van der Waals surface area contributed by atoms with E-state index in [9.17, 15) is 0 Å². The fourth-order valence-corrected chi connectivity index (χ4v) is 3.65. The van der Waals surface area contributed by atoms with Crippen LogP contribution in [-0.2, 0) is 0 Å². The molecule has 0 aromatic carbocycles. The molecule has 0 amide bonds. The molecule has 0 aliphatic carbocycles. The first-order chi connectivity index (χ1) is 9.24. The van der Waals surface area contributed by atoms with E-state index in [2.05, 4.69) is 48.7 Å². The number of anilines is 2. The lowest BCUT2D eigenvalue weighted by Crippen LogP contribution is -2.46. The molecule has 2 aromatic heterocycles. The third-order valence-corrected chi connectivity index (χ3v) is 4.64. The maximum Gasteiger partial charge on any atom is 0.185 e. The van der Waals surface area contributed by atoms with Crippen LogP contribution in [0.15, 0.2) is 28.3 Å². The number of rotatable bonds is 2. The largest absolute Gasteiger partial charge is 0.352 e. The van der Waals surface area contributed by atoms with Gasteiger partial charge in [-0.3, -0.25) is 0 Å². The minimum absolute atomic E-state index is 0.980. The molecule has 0 atom stereocenters. The summed E-state index contributed by atoms with van der Waals surface area (Å²) < 4.78 is 1.08. The van der Waals surface area contributed by atoms with Gasteiger partial charge in [-0.1, -0.05) is 0 Å². The van der Waals surface area contributed by atoms with Gasteiger partial charge >= 0.3 is 0 Å². The minimum Gasteiger partial charge on any atom is -0.352 e. The van der Waals surface area contributed by atoms with Gasteiger partial charge in [0.15, 0.2) is 5.13 Å². The zero-order valence-corrected chi connectivity index (χ0v) is 13.1. The summed E-state index contributed by atoms with van der Waals surface area (Å²) in [7, 11) is 0. The van der Waals surface area contributed by atoms with Crippen LogP contribution >= 0.6 is 27.3 Å². The van der Waals surface area contributed by atoms with Gasteiger partial charge in [0, 0.05) is 44.0 Å². The van der Waals surface area contributed by atoms with Crippen molar-refractivity contribution >= 4 is 38.2 Å². The topological polar surface area (TPSA) is 32.3 Å². The molecule has 0 bridgehead atoms. The lowest BCUT2D eigenvalue weighted by molar-refractivity contribution is 0.645. The third-order valence-electron chi connectivity index (χ3n) is 3.23. The molecule has 0 unspecified atom stereocenters. The van der Waals surface area contributed by atoms with E-state index in [4.69, 9.17) is 0 Å². The average Bonchev–Trinajstić information content (AvgIpc) is 2.93. The van der Waals surface area contributed by atoms with E-state index in [-0.39, 0.29) is 0 Å². The summed E-state index contributed by atoms with van der Waals surface area (Å²) in [4.78, 5) is 13.6. The van der Waals surface area contributed by atoms with Gasteiger partial charge < -0.3 is 9.80 Å². The molecule has 1 aliphatic heterocycles. The average molecular weight is 339 g/mol. The number of aryl methyl sites for hydroxylation is 1. The van der Waals surface area contributed by atoms with Crippen LogP contribution in [0.5, 0.6) is 0 Å². The maximum atomic E-state index is 4.54. The van der Waals surface area contributed by atoms with E-state index in [1.165, 1.54) is 5.56 Å². The van der Waals surface area contributed by atoms with Gasteiger partial charge in [0.2, 0.25) is 0 Å². The van der Waals surface area contributed by atoms with Crippen LogP contribution in [0.2, 0.25) is 0 Å². The van der Waals surface area contributed by atoms with Crippen LogP contribution < -0.4 is 9.80 Å². The number of pyridine rings is 1. The molecule has 4 nitrogen and oxygen atoms in total. The first kappa shape index (κ1) is 12.9. The first-order valence-corrected chi connectivity index (χ1v) is 7.93. The fourth-order valence-electron chi connectivity index (χ4n) is 2.24. The van der Waals surface area contributed by atoms with Gasteiger partial charge in [0.1, 0.15) is 5.82 Å². The highest BCUT2D eigenvalue weighted by Gasteiger charge is 2.20. The summed E-state index contributed by atoms with van der Waals surface area (Å²) in [5.41, 5.74) is 1.18. The minimum atomic E-state index is 0.980. The second-order valence-corrected chi connectivity index (χ2v) is 6.33. The highest BCUT2D eigenvalue weighted by atomic mass is 79.9. The van der Waals surface area contributed by atoms with Crippen molar-refractivity contribution in [2.24, 2.45) is 0 Å². The third kappa shape index (κ3) is 2.74. The summed E-state index contributed by atoms with van der Waals surface area (Å²) in [5.74, 6) is 1.05. The van der Waals surface area contributed by atoms with Crippen molar-refractivity contribution in [1.82, 2.24) is 9.97 Å². The van der Waals surface area contributed by atoms with E-state index in [0.29, 0.717) is 0 Å². The van der Waals surface area contributed by atoms with E-state index in [1.807, 2.05) is 17.8 Å². The highest BCUT2D eigenvalue weighted by molar-refractivity contribution is 9.10. The smallest absolute Gasteiger partial charge is 0.185 e. The van der Waals surface area contributed by atoms with Crippen molar-refractivity contribution in [3.63, 3.8) is 0 Å². The Bertz CT molecular complexity index is 550. The summed E-state index contributed by atoms with van der Waals surface area (Å²) in [6, 6.07) is 2.12. The highest BCUT2D eigenvalue weighted by Crippen LogP contribution is 2.26. The Hall–Kier alpha value is -1.14. The van der Waals surface area contributed by atoms with Gasteiger partial charge in [0.05, 0.1) is 4.47 Å². The van der Waals surface area contributed by atoms with Gasteiger partial charge in [0.25, 0.3) is 0 Å². The number of hydrogen-bond donors (Lipinski definition) is 0. The molecule has 1 aliphatic rings. The maximum absolute atomic E-state index is 4.54. The van der Waals surface area contributed by atoms with Crippen LogP contribution in [0.1, 0.15) is 5.56 Å². The molecular formula is C13H15BrN4S. The second-order valence-electron chi connectivity index (χ2n) is 4.61. The molecule has 3 rings (SSSR count). The molecule has 0 saturated carbocycles. The van der Waals surface area contributed by atoms with Crippen molar-refractivity contribution in [3.05, 3.63) is 33.9 Å². The van der Waals surface area contributed by atoms with Gasteiger partial charge in [-0.25, -0.2) is 9.97 Å². The Morgan fingerprint density at radius 3 is 2.53 bits per heavy atom. The molecule has 19 heavy (non-hydrogen) atoms. The van der Waals surface area contributed by atoms with Crippen LogP contribution in [0, 0.1) is 6.92 Å². The number of hydrogen-bond acceptors (Lipinski definition) is 5. The zero-order valence-electron chi connectivity index (χ0n) is 10.7. The number of piperazine rings is 1. The van der Waals surface area contributed by atoms with Crippen molar-refractivity contribution < 1.29 is 0 Å². The molecule has 3 heterocycles. The predicted molar refractivity (Wildman–Crippen MR) is 83.2 cm³/mol. The molecule has 1 fully saturated rings. The van der Waals surface area contributed by atoms with Gasteiger partial charge in [-0.15, -0.1) is 11.3 Å². The normalized spacial score (nSPS) is 15.9. The van der Waals surface area contributed by atoms with Gasteiger partial charge in [-0.05, 0) is 34.5 Å². The molecule has 1 saturated heterocycles. The molecule has 0 radical (unpaired) electrons. The summed E-state index contributed by atoms with van der Waals surface area (Å²) in [6.45, 7) is 6.01. The SMILES string of the molecule is Cc1cnc(N2CCN(c3nccs3)CC2)c(Br)c1. The van der Waals surface area contributed by atoms with Crippen molar-refractivity contribution in [2.75, 3.05) is 36.0 Å². The number of nitrogens with zero attached hydrogens (tertiary/aromatic N) is 4. The van der Waals surface area contributed by atoms with E-state index < -0.39 is 0 Å². The molecule has 100 valence electrons. The standard InChI is InChI=1S/C13H15BrN4S/c1-10-8-11(14)12(16-9-10)17-3-5-18(6-4-17)13-15-2-7-19-13/h2,7-9H,3-6H2,1H3. The summed E-state index contributed by atoms with van der Waals surface area (Å²) in [6.07, 6.45) is 3.79. The van der Waals surface area contributed by atoms with Gasteiger partial charge in [-0.2, -0.15) is 0 Å².